The molecule has 1 N–H and O–H groups in total. The summed E-state index contributed by atoms with van der Waals surface area (Å²) in [5.74, 6) is 0. The Morgan fingerprint density at radius 1 is 1.08 bits per heavy atom. The molecule has 0 unspecified atom stereocenters. The van der Waals surface area contributed by atoms with E-state index in [1.807, 2.05) is 20.9 Å². The molecular weight excluding hydrogens is 158 g/mol. The Bertz CT molecular complexity index is 149. The van der Waals surface area contributed by atoms with E-state index in [9.17, 15) is 0 Å². The molecule has 0 aliphatic carbocycles. The first-order chi connectivity index (χ1) is 6.24. The van der Waals surface area contributed by atoms with Crippen molar-refractivity contribution in [1.82, 2.24) is 5.32 Å². The van der Waals surface area contributed by atoms with Gasteiger partial charge >= 0.3 is 0 Å². The third kappa shape index (κ3) is 9.19. The van der Waals surface area contributed by atoms with E-state index in [0.717, 1.165) is 12.8 Å². The summed E-state index contributed by atoms with van der Waals surface area (Å²) in [5.41, 5.74) is 2.71. The van der Waals surface area contributed by atoms with Crippen molar-refractivity contribution >= 4 is 0 Å². The van der Waals surface area contributed by atoms with Crippen molar-refractivity contribution in [1.29, 1.82) is 0 Å². The summed E-state index contributed by atoms with van der Waals surface area (Å²) in [4.78, 5) is 0. The fourth-order valence-electron chi connectivity index (χ4n) is 0.739. The highest BCUT2D eigenvalue weighted by Gasteiger charge is 1.85. The van der Waals surface area contributed by atoms with Gasteiger partial charge in [0.1, 0.15) is 0 Å². The predicted molar refractivity (Wildman–Crippen MR) is 62.8 cm³/mol. The lowest BCUT2D eigenvalue weighted by molar-refractivity contribution is 0.900. The molecule has 0 atom stereocenters. The van der Waals surface area contributed by atoms with Gasteiger partial charge in [0.15, 0.2) is 0 Å². The van der Waals surface area contributed by atoms with Crippen molar-refractivity contribution in [2.45, 2.75) is 47.5 Å². The maximum atomic E-state index is 3.15. The molecule has 0 rings (SSSR count). The van der Waals surface area contributed by atoms with Gasteiger partial charge in [0.2, 0.25) is 0 Å². The number of nitrogens with one attached hydrogen (secondary N) is 1. The minimum absolute atomic E-state index is 1.07. The Morgan fingerprint density at radius 3 is 1.92 bits per heavy atom. The molecule has 0 amide bonds. The fraction of sp³-hybridized carbons (Fsp3) is 0.667. The highest BCUT2D eigenvalue weighted by atomic mass is 14.8. The second-order valence-electron chi connectivity index (χ2n) is 2.66. The lowest BCUT2D eigenvalue weighted by atomic mass is 10.2. The molecule has 0 aromatic carbocycles. The molecule has 13 heavy (non-hydrogen) atoms. The minimum atomic E-state index is 1.07. The first kappa shape index (κ1) is 14.8. The molecule has 0 radical (unpaired) electrons. The van der Waals surface area contributed by atoms with Crippen molar-refractivity contribution in [3.8, 4) is 0 Å². The Kier molecular flexibility index (Phi) is 12.8. The highest BCUT2D eigenvalue weighted by Crippen LogP contribution is 2.01. The van der Waals surface area contributed by atoms with E-state index in [-0.39, 0.29) is 0 Å². The normalized spacial score (nSPS) is 11.8. The van der Waals surface area contributed by atoms with Gasteiger partial charge in [-0.25, -0.2) is 0 Å². The lowest BCUT2D eigenvalue weighted by Crippen LogP contribution is -2.03. The molecule has 1 nitrogen and oxygen atoms in total. The van der Waals surface area contributed by atoms with Gasteiger partial charge in [-0.2, -0.15) is 0 Å². The van der Waals surface area contributed by atoms with Crippen LogP contribution in [0.2, 0.25) is 0 Å². The summed E-state index contributed by atoms with van der Waals surface area (Å²) >= 11 is 0. The molecule has 0 aromatic rings. The van der Waals surface area contributed by atoms with Crippen molar-refractivity contribution in [3.63, 3.8) is 0 Å². The maximum absolute atomic E-state index is 3.15. The zero-order valence-electron chi connectivity index (χ0n) is 10.1. The molecule has 0 spiro atoms. The van der Waals surface area contributed by atoms with E-state index in [1.54, 1.807) is 0 Å². The second-order valence-corrected chi connectivity index (χ2v) is 2.66. The Labute approximate surface area is 83.9 Å². The quantitative estimate of drug-likeness (QED) is 0.652. The third-order valence-electron chi connectivity index (χ3n) is 1.83. The van der Waals surface area contributed by atoms with Crippen molar-refractivity contribution in [2.75, 3.05) is 7.05 Å². The number of hydrogen-bond donors (Lipinski definition) is 1. The first-order valence-electron chi connectivity index (χ1n) is 5.28. The summed E-state index contributed by atoms with van der Waals surface area (Å²) in [6, 6.07) is 0. The minimum Gasteiger partial charge on any atom is -0.391 e. The molecule has 78 valence electrons. The van der Waals surface area contributed by atoms with Crippen LogP contribution in [0.4, 0.5) is 0 Å². The van der Waals surface area contributed by atoms with Gasteiger partial charge in [-0.1, -0.05) is 39.3 Å². The van der Waals surface area contributed by atoms with Gasteiger partial charge in [-0.15, -0.1) is 0 Å². The van der Waals surface area contributed by atoms with Crippen molar-refractivity contribution < 1.29 is 0 Å². The maximum Gasteiger partial charge on any atom is 0.0101 e. The number of hydrogen-bond acceptors (Lipinski definition) is 1. The molecule has 0 heterocycles. The van der Waals surface area contributed by atoms with Crippen molar-refractivity contribution in [2.24, 2.45) is 0 Å². The molecule has 0 saturated carbocycles. The Morgan fingerprint density at radius 2 is 1.62 bits per heavy atom. The van der Waals surface area contributed by atoms with E-state index >= 15 is 0 Å². The summed E-state index contributed by atoms with van der Waals surface area (Å²) in [5, 5.41) is 3.15. The molecule has 1 heteroatoms. The van der Waals surface area contributed by atoms with E-state index < -0.39 is 0 Å². The molecular formula is C12H25N. The van der Waals surface area contributed by atoms with Gasteiger partial charge in [-0.05, 0) is 25.8 Å². The highest BCUT2D eigenvalue weighted by molar-refractivity contribution is 5.14. The van der Waals surface area contributed by atoms with Crippen molar-refractivity contribution in [3.05, 3.63) is 23.4 Å². The first-order valence-corrected chi connectivity index (χ1v) is 5.28. The molecule has 0 aliphatic heterocycles. The van der Waals surface area contributed by atoms with Crippen LogP contribution in [0.3, 0.4) is 0 Å². The van der Waals surface area contributed by atoms with Crippen LogP contribution in [0.15, 0.2) is 23.4 Å². The second kappa shape index (κ2) is 11.3. The zero-order chi connectivity index (χ0) is 10.7. The molecule has 0 bridgehead atoms. The Balaban J connectivity index is 0. The topological polar surface area (TPSA) is 12.0 Å². The van der Waals surface area contributed by atoms with E-state index in [2.05, 4.69) is 38.2 Å². The van der Waals surface area contributed by atoms with Gasteiger partial charge in [-0.3, -0.25) is 0 Å². The van der Waals surface area contributed by atoms with E-state index in [4.69, 9.17) is 0 Å². The predicted octanol–water partition coefficient (Wildman–Crippen LogP) is 3.88. The van der Waals surface area contributed by atoms with Gasteiger partial charge in [0, 0.05) is 12.7 Å². The third-order valence-corrected chi connectivity index (χ3v) is 1.83. The van der Waals surface area contributed by atoms with Gasteiger partial charge in [0.05, 0.1) is 0 Å². The van der Waals surface area contributed by atoms with Gasteiger partial charge in [0.25, 0.3) is 0 Å². The SMILES string of the molecule is CC.CC/C(C)=C/C=C(\CC)NC. The fourth-order valence-corrected chi connectivity index (χ4v) is 0.739. The molecule has 0 fully saturated rings. The van der Waals surface area contributed by atoms with Crippen LogP contribution in [-0.4, -0.2) is 7.05 Å². The van der Waals surface area contributed by atoms with E-state index in [1.165, 1.54) is 11.3 Å². The lowest BCUT2D eigenvalue weighted by Gasteiger charge is -2.00. The Hall–Kier alpha value is -0.720. The van der Waals surface area contributed by atoms with Crippen LogP contribution in [0, 0.1) is 0 Å². The summed E-state index contributed by atoms with van der Waals surface area (Å²) in [6.07, 6.45) is 6.54. The zero-order valence-corrected chi connectivity index (χ0v) is 10.1. The average Bonchev–Trinajstić information content (AvgIpc) is 2.22. The number of rotatable bonds is 4. The smallest absolute Gasteiger partial charge is 0.0101 e. The molecule has 0 aliphatic rings. The average molecular weight is 183 g/mol. The van der Waals surface area contributed by atoms with Crippen LogP contribution in [0.1, 0.15) is 47.5 Å². The van der Waals surface area contributed by atoms with Crippen LogP contribution < -0.4 is 5.32 Å². The van der Waals surface area contributed by atoms with E-state index in [0.29, 0.717) is 0 Å². The monoisotopic (exact) mass is 183 g/mol. The number of allylic oxidation sites excluding steroid dienone is 4. The molecule has 0 aromatic heterocycles. The van der Waals surface area contributed by atoms with Gasteiger partial charge < -0.3 is 5.32 Å². The summed E-state index contributed by atoms with van der Waals surface area (Å²) in [6.45, 7) is 10.5. The summed E-state index contributed by atoms with van der Waals surface area (Å²) < 4.78 is 0. The molecule has 0 saturated heterocycles. The standard InChI is InChI=1S/C10H19N.C2H6/c1-5-9(3)7-8-10(6-2)11-4;1-2/h7-8,11H,5-6H2,1-4H3;1-2H3/b9-7+,10-8+;. The van der Waals surface area contributed by atoms with Crippen LogP contribution >= 0.6 is 0 Å². The van der Waals surface area contributed by atoms with Crippen LogP contribution in [-0.2, 0) is 0 Å². The summed E-state index contributed by atoms with van der Waals surface area (Å²) in [7, 11) is 1.96. The van der Waals surface area contributed by atoms with Crippen LogP contribution in [0.5, 0.6) is 0 Å². The van der Waals surface area contributed by atoms with Crippen LogP contribution in [0.25, 0.3) is 0 Å². The largest absolute Gasteiger partial charge is 0.391 e.